The number of ether oxygens (including phenoxy) is 1. The van der Waals surface area contributed by atoms with Gasteiger partial charge in [0, 0.05) is 37.0 Å². The lowest BCUT2D eigenvalue weighted by molar-refractivity contribution is -0.131. The van der Waals surface area contributed by atoms with E-state index in [0.717, 1.165) is 32.5 Å². The van der Waals surface area contributed by atoms with Crippen molar-refractivity contribution in [1.29, 1.82) is 0 Å². The van der Waals surface area contributed by atoms with Crippen LogP contribution in [0.1, 0.15) is 29.5 Å². The van der Waals surface area contributed by atoms with Crippen molar-refractivity contribution in [2.45, 2.75) is 30.1 Å². The molecule has 3 aromatic rings. The number of benzene rings is 3. The zero-order valence-corrected chi connectivity index (χ0v) is 24.4. The number of aliphatic imine (C=N–C) groups is 1. The van der Waals surface area contributed by atoms with Crippen LogP contribution >= 0.6 is 0 Å². The van der Waals surface area contributed by atoms with Crippen LogP contribution in [-0.4, -0.2) is 71.1 Å². The van der Waals surface area contributed by atoms with Crippen molar-refractivity contribution in [2.24, 2.45) is 16.8 Å². The molecule has 2 fully saturated rings. The summed E-state index contributed by atoms with van der Waals surface area (Å²) in [6, 6.07) is 20.7. The highest BCUT2D eigenvalue weighted by molar-refractivity contribution is 6.16. The highest BCUT2D eigenvalue weighted by Crippen LogP contribution is 2.46. The molecular weight excluding hydrogens is 560 g/mol. The monoisotopic (exact) mass is 595 g/mol. The number of amides is 1. The maximum absolute atomic E-state index is 14.6. The predicted octanol–water partition coefficient (Wildman–Crippen LogP) is 5.08. The summed E-state index contributed by atoms with van der Waals surface area (Å²) in [5.41, 5.74) is -0.0914. The first-order valence-electron chi connectivity index (χ1n) is 15.3. The van der Waals surface area contributed by atoms with E-state index in [1.807, 2.05) is 30.3 Å². The van der Waals surface area contributed by atoms with Crippen LogP contribution in [0.15, 0.2) is 108 Å². The molecule has 8 heteroatoms. The summed E-state index contributed by atoms with van der Waals surface area (Å²) in [5, 5.41) is 11.4. The van der Waals surface area contributed by atoms with Gasteiger partial charge >= 0.3 is 0 Å². The summed E-state index contributed by atoms with van der Waals surface area (Å²) in [6.45, 7) is 2.75. The van der Waals surface area contributed by atoms with E-state index in [9.17, 15) is 18.7 Å². The first-order valence-corrected chi connectivity index (χ1v) is 15.3. The van der Waals surface area contributed by atoms with Gasteiger partial charge in [-0.1, -0.05) is 78.9 Å². The molecule has 2 saturated heterocycles. The maximum Gasteiger partial charge on any atom is 0.265 e. The number of halogens is 2. The van der Waals surface area contributed by atoms with Gasteiger partial charge in [0.15, 0.2) is 5.54 Å². The van der Waals surface area contributed by atoms with Crippen LogP contribution in [0, 0.1) is 23.5 Å². The summed E-state index contributed by atoms with van der Waals surface area (Å²) in [6.07, 6.45) is 9.65. The molecule has 1 spiro atoms. The largest absolute Gasteiger partial charge is 0.390 e. The topological polar surface area (TPSA) is 65.4 Å². The molecule has 3 aliphatic heterocycles. The fourth-order valence-corrected chi connectivity index (χ4v) is 7.36. The van der Waals surface area contributed by atoms with E-state index in [-0.39, 0.29) is 18.1 Å². The zero-order chi connectivity index (χ0) is 30.3. The molecule has 7 rings (SSSR count). The molecule has 1 aliphatic carbocycles. The zero-order valence-electron chi connectivity index (χ0n) is 24.4. The number of hydrogen-bond donors (Lipinski definition) is 1. The third kappa shape index (κ3) is 5.01. The number of hydrogen-bond acceptors (Lipinski definition) is 5. The Morgan fingerprint density at radius 1 is 0.864 bits per heavy atom. The van der Waals surface area contributed by atoms with Gasteiger partial charge in [-0.25, -0.2) is 13.8 Å². The van der Waals surface area contributed by atoms with Crippen molar-refractivity contribution in [3.05, 3.63) is 131 Å². The Labute approximate surface area is 256 Å². The van der Waals surface area contributed by atoms with Crippen molar-refractivity contribution in [3.63, 3.8) is 0 Å². The highest BCUT2D eigenvalue weighted by atomic mass is 19.1. The molecule has 6 nitrogen and oxygen atoms in total. The number of allylic oxidation sites excluding steroid dienone is 2. The third-order valence-electron chi connectivity index (χ3n) is 9.62. The number of amidine groups is 1. The van der Waals surface area contributed by atoms with E-state index in [1.165, 1.54) is 29.2 Å². The number of β-amino-alcohol motifs (C(OH)–C–C–N with tert-alkyl or cyclic N) is 1. The van der Waals surface area contributed by atoms with Crippen molar-refractivity contribution in [1.82, 2.24) is 9.80 Å². The maximum atomic E-state index is 14.6. The van der Waals surface area contributed by atoms with Crippen LogP contribution in [0.3, 0.4) is 0 Å². The Hall–Kier alpha value is -3.98. The SMILES string of the molecule is O=C1N(CC(O)CN2CCC3(CC2)OCC2C=CC=CC23)C(c2ccccc2)=NC1(c1ccc(F)cc1)c1ccc(F)cc1. The fraction of sp³-hybridized carbons (Fsp3) is 0.333. The number of aliphatic hydroxyl groups excluding tert-OH is 1. The van der Waals surface area contributed by atoms with E-state index < -0.39 is 23.3 Å². The summed E-state index contributed by atoms with van der Waals surface area (Å²) in [4.78, 5) is 23.4. The van der Waals surface area contributed by atoms with Crippen molar-refractivity contribution < 1.29 is 23.4 Å². The number of carbonyl (C=O) groups excluding carboxylic acids is 1. The van der Waals surface area contributed by atoms with E-state index in [0.29, 0.717) is 40.9 Å². The molecule has 0 radical (unpaired) electrons. The van der Waals surface area contributed by atoms with Crippen LogP contribution in [0.2, 0.25) is 0 Å². The highest BCUT2D eigenvalue weighted by Gasteiger charge is 2.52. The normalized spacial score (nSPS) is 24.5. The van der Waals surface area contributed by atoms with Gasteiger partial charge in [0.05, 0.1) is 24.9 Å². The second kappa shape index (κ2) is 11.5. The van der Waals surface area contributed by atoms with Crippen molar-refractivity contribution in [2.75, 3.05) is 32.8 Å². The minimum Gasteiger partial charge on any atom is -0.390 e. The van der Waals surface area contributed by atoms with E-state index in [2.05, 4.69) is 29.2 Å². The minimum absolute atomic E-state index is 0.0209. The summed E-state index contributed by atoms with van der Waals surface area (Å²) < 4.78 is 34.4. The average molecular weight is 596 g/mol. The molecule has 226 valence electrons. The van der Waals surface area contributed by atoms with E-state index in [4.69, 9.17) is 9.73 Å². The molecule has 3 unspecified atom stereocenters. The van der Waals surface area contributed by atoms with Crippen LogP contribution in [0.4, 0.5) is 8.78 Å². The summed E-state index contributed by atoms with van der Waals surface area (Å²) >= 11 is 0. The van der Waals surface area contributed by atoms with Gasteiger partial charge in [-0.05, 0) is 48.2 Å². The van der Waals surface area contributed by atoms with Gasteiger partial charge in [0.2, 0.25) is 0 Å². The molecule has 1 amide bonds. The Kier molecular flexibility index (Phi) is 7.52. The Balaban J connectivity index is 1.15. The van der Waals surface area contributed by atoms with Crippen LogP contribution in [0.25, 0.3) is 0 Å². The number of fused-ring (bicyclic) bond motifs is 2. The van der Waals surface area contributed by atoms with Crippen LogP contribution in [-0.2, 0) is 15.1 Å². The molecule has 0 saturated carbocycles. The lowest BCUT2D eigenvalue weighted by Crippen LogP contribution is -2.51. The number of aliphatic hydroxyl groups is 1. The second-order valence-electron chi connectivity index (χ2n) is 12.2. The van der Waals surface area contributed by atoms with Crippen molar-refractivity contribution in [3.8, 4) is 0 Å². The lowest BCUT2D eigenvalue weighted by Gasteiger charge is -2.42. The number of nitrogens with zero attached hydrogens (tertiary/aromatic N) is 3. The average Bonchev–Trinajstić information content (AvgIpc) is 3.55. The van der Waals surface area contributed by atoms with Crippen molar-refractivity contribution >= 4 is 11.7 Å². The van der Waals surface area contributed by atoms with Crippen LogP contribution < -0.4 is 0 Å². The first-order chi connectivity index (χ1) is 21.4. The van der Waals surface area contributed by atoms with E-state index in [1.54, 1.807) is 24.3 Å². The molecule has 1 N–H and O–H groups in total. The number of likely N-dealkylation sites (tertiary alicyclic amines) is 1. The molecule has 0 aromatic heterocycles. The Bertz CT molecular complexity index is 1550. The molecule has 0 bridgehead atoms. The summed E-state index contributed by atoms with van der Waals surface area (Å²) in [5.74, 6) is -0.0391. The first kappa shape index (κ1) is 28.8. The minimum atomic E-state index is -1.57. The van der Waals surface area contributed by atoms with E-state index >= 15 is 0 Å². The fourth-order valence-electron chi connectivity index (χ4n) is 7.36. The molecule has 3 heterocycles. The standard InChI is InChI=1S/C36H35F2N3O3/c37-29-14-10-27(11-15-29)36(28-12-16-30(38)17-13-28)34(43)41(33(39-36)25-6-2-1-3-7-25)23-31(42)22-40-20-18-35(19-21-40)32-9-5-4-8-26(32)24-44-35/h1-17,26,31-32,42H,18-24H2. The smallest absolute Gasteiger partial charge is 0.265 e. The number of carbonyl (C=O) groups is 1. The Morgan fingerprint density at radius 3 is 2.11 bits per heavy atom. The number of piperidine rings is 1. The van der Waals surface area contributed by atoms with Gasteiger partial charge in [0.1, 0.15) is 17.5 Å². The van der Waals surface area contributed by atoms with Gasteiger partial charge in [-0.15, -0.1) is 0 Å². The van der Waals surface area contributed by atoms with Crippen LogP contribution in [0.5, 0.6) is 0 Å². The molecular formula is C36H35F2N3O3. The second-order valence-corrected chi connectivity index (χ2v) is 12.2. The van der Waals surface area contributed by atoms with Gasteiger partial charge in [0.25, 0.3) is 5.91 Å². The Morgan fingerprint density at radius 2 is 1.48 bits per heavy atom. The lowest BCUT2D eigenvalue weighted by atomic mass is 9.74. The van der Waals surface area contributed by atoms with Gasteiger partial charge in [-0.2, -0.15) is 0 Å². The quantitative estimate of drug-likeness (QED) is 0.414. The molecule has 44 heavy (non-hydrogen) atoms. The summed E-state index contributed by atoms with van der Waals surface area (Å²) in [7, 11) is 0. The number of rotatable bonds is 7. The molecule has 4 aliphatic rings. The van der Waals surface area contributed by atoms with Gasteiger partial charge < -0.3 is 14.7 Å². The predicted molar refractivity (Wildman–Crippen MR) is 164 cm³/mol. The molecule has 3 atom stereocenters. The third-order valence-corrected chi connectivity index (χ3v) is 9.62. The van der Waals surface area contributed by atoms with Gasteiger partial charge in [-0.3, -0.25) is 9.69 Å². The molecule has 3 aromatic carbocycles.